The van der Waals surface area contributed by atoms with E-state index < -0.39 is 0 Å². The summed E-state index contributed by atoms with van der Waals surface area (Å²) < 4.78 is 19.4. The van der Waals surface area contributed by atoms with Crippen LogP contribution in [0.5, 0.6) is 5.75 Å². The number of ether oxygens (including phenoxy) is 1. The monoisotopic (exact) mass is 487 g/mol. The number of nitrogens with two attached hydrogens (primary N) is 1. The van der Waals surface area contributed by atoms with Crippen molar-refractivity contribution in [2.75, 3.05) is 31.2 Å². The second-order valence-corrected chi connectivity index (χ2v) is 6.80. The minimum atomic E-state index is -0.325. The van der Waals surface area contributed by atoms with Crippen LogP contribution in [0, 0.1) is 5.82 Å². The summed E-state index contributed by atoms with van der Waals surface area (Å²) in [5, 5.41) is 0. The Morgan fingerprint density at radius 1 is 1.43 bits per heavy atom. The molecule has 4 nitrogen and oxygen atoms in total. The summed E-state index contributed by atoms with van der Waals surface area (Å²) in [6.45, 7) is 2.26. The smallest absolute Gasteiger partial charge is 0.192 e. The first-order valence-corrected chi connectivity index (χ1v) is 8.37. The summed E-state index contributed by atoms with van der Waals surface area (Å²) in [6.07, 6.45) is 0. The van der Waals surface area contributed by atoms with E-state index in [1.54, 1.807) is 6.07 Å². The van der Waals surface area contributed by atoms with Gasteiger partial charge in [0.15, 0.2) is 5.96 Å². The zero-order valence-corrected chi connectivity index (χ0v) is 16.0. The van der Waals surface area contributed by atoms with Gasteiger partial charge in [0.2, 0.25) is 0 Å². The van der Waals surface area contributed by atoms with Crippen LogP contribution in [-0.4, -0.2) is 42.1 Å². The van der Waals surface area contributed by atoms with Crippen molar-refractivity contribution in [1.82, 2.24) is 4.90 Å². The minimum Gasteiger partial charge on any atom is -0.491 e. The van der Waals surface area contributed by atoms with Gasteiger partial charge in [0, 0.05) is 36.2 Å². The number of hydrogen-bond donors (Lipinski definition) is 1. The summed E-state index contributed by atoms with van der Waals surface area (Å²) in [7, 11) is 0. The third-order valence-corrected chi connectivity index (χ3v) is 4.98. The summed E-state index contributed by atoms with van der Waals surface area (Å²) in [5.41, 5.74) is 6.96. The van der Waals surface area contributed by atoms with Gasteiger partial charge < -0.3 is 15.4 Å². The van der Waals surface area contributed by atoms with E-state index in [1.807, 2.05) is 11.8 Å². The molecule has 1 aromatic rings. The molecule has 2 heterocycles. The lowest BCUT2D eigenvalue weighted by Gasteiger charge is -2.27. The zero-order valence-electron chi connectivity index (χ0n) is 11.2. The van der Waals surface area contributed by atoms with E-state index in [-0.39, 0.29) is 35.8 Å². The largest absolute Gasteiger partial charge is 0.491 e. The summed E-state index contributed by atoms with van der Waals surface area (Å²) in [6, 6.07) is 2.96. The standard InChI is InChI=1S/C13H15BrFN3OS.HI/c14-9-5-8-11(7-19-12(8)6-10(9)15)17-13(16)18-1-3-20-4-2-18;/h5-6,11H,1-4,7H2,(H2,16,17);1H. The highest BCUT2D eigenvalue weighted by Gasteiger charge is 2.26. The first-order chi connectivity index (χ1) is 9.65. The van der Waals surface area contributed by atoms with Gasteiger partial charge in [-0.15, -0.1) is 24.0 Å². The Balaban J connectivity index is 0.00000161. The molecule has 1 fully saturated rings. The molecule has 0 radical (unpaired) electrons. The summed E-state index contributed by atoms with van der Waals surface area (Å²) >= 11 is 5.12. The van der Waals surface area contributed by atoms with E-state index in [4.69, 9.17) is 10.5 Å². The van der Waals surface area contributed by atoms with Crippen LogP contribution in [0.15, 0.2) is 21.6 Å². The van der Waals surface area contributed by atoms with Gasteiger partial charge in [0.1, 0.15) is 24.2 Å². The SMILES string of the molecule is I.NC(=NC1COc2cc(F)c(Br)cc21)N1CCSCC1. The van der Waals surface area contributed by atoms with E-state index >= 15 is 0 Å². The zero-order chi connectivity index (χ0) is 14.1. The molecular weight excluding hydrogens is 472 g/mol. The molecule has 2 aliphatic heterocycles. The molecule has 1 aromatic carbocycles. The van der Waals surface area contributed by atoms with Crippen molar-refractivity contribution in [1.29, 1.82) is 0 Å². The number of aliphatic imine (C=N–C) groups is 1. The molecule has 0 aliphatic carbocycles. The molecular formula is C13H16BrFIN3OS. The Labute approximate surface area is 152 Å². The number of thioether (sulfide) groups is 1. The van der Waals surface area contributed by atoms with Crippen molar-refractivity contribution >= 4 is 57.6 Å². The molecule has 116 valence electrons. The summed E-state index contributed by atoms with van der Waals surface area (Å²) in [5.74, 6) is 2.93. The third kappa shape index (κ3) is 3.76. The molecule has 2 N–H and O–H groups in total. The number of halogens is 3. The van der Waals surface area contributed by atoms with E-state index in [1.165, 1.54) is 6.07 Å². The maximum absolute atomic E-state index is 13.5. The maximum atomic E-state index is 13.5. The van der Waals surface area contributed by atoms with Crippen molar-refractivity contribution in [2.45, 2.75) is 6.04 Å². The predicted molar refractivity (Wildman–Crippen MR) is 98.3 cm³/mol. The fourth-order valence-corrected chi connectivity index (χ4v) is 3.59. The van der Waals surface area contributed by atoms with Gasteiger partial charge in [-0.3, -0.25) is 0 Å². The number of nitrogens with zero attached hydrogens (tertiary/aromatic N) is 2. The quantitative estimate of drug-likeness (QED) is 0.376. The molecule has 0 bridgehead atoms. The number of rotatable bonds is 1. The second kappa shape index (κ2) is 7.36. The average molecular weight is 488 g/mol. The second-order valence-electron chi connectivity index (χ2n) is 4.72. The highest BCUT2D eigenvalue weighted by molar-refractivity contribution is 14.0. The van der Waals surface area contributed by atoms with E-state index in [0.717, 1.165) is 30.2 Å². The Kier molecular flexibility index (Phi) is 6.01. The average Bonchev–Trinajstić information content (AvgIpc) is 2.83. The van der Waals surface area contributed by atoms with Gasteiger partial charge in [-0.1, -0.05) is 0 Å². The van der Waals surface area contributed by atoms with E-state index in [2.05, 4.69) is 25.8 Å². The molecule has 8 heteroatoms. The molecule has 1 unspecified atom stereocenters. The van der Waals surface area contributed by atoms with Crippen LogP contribution in [-0.2, 0) is 0 Å². The first kappa shape index (κ1) is 17.1. The van der Waals surface area contributed by atoms with Crippen LogP contribution in [0.3, 0.4) is 0 Å². The van der Waals surface area contributed by atoms with Crippen molar-refractivity contribution in [2.24, 2.45) is 10.7 Å². The van der Waals surface area contributed by atoms with Crippen LogP contribution in [0.1, 0.15) is 11.6 Å². The normalized spacial score (nSPS) is 21.5. The van der Waals surface area contributed by atoms with E-state index in [9.17, 15) is 4.39 Å². The number of fused-ring (bicyclic) bond motifs is 1. The Morgan fingerprint density at radius 3 is 2.86 bits per heavy atom. The molecule has 1 atom stereocenters. The molecule has 2 aliphatic rings. The summed E-state index contributed by atoms with van der Waals surface area (Å²) in [4.78, 5) is 6.64. The van der Waals surface area contributed by atoms with Gasteiger partial charge in [-0.05, 0) is 22.0 Å². The van der Waals surface area contributed by atoms with Crippen LogP contribution in [0.25, 0.3) is 0 Å². The van der Waals surface area contributed by atoms with Crippen molar-refractivity contribution in [3.05, 3.63) is 28.0 Å². The van der Waals surface area contributed by atoms with Crippen molar-refractivity contribution in [3.8, 4) is 5.75 Å². The highest BCUT2D eigenvalue weighted by atomic mass is 127. The van der Waals surface area contributed by atoms with Crippen molar-refractivity contribution < 1.29 is 9.13 Å². The maximum Gasteiger partial charge on any atom is 0.192 e. The van der Waals surface area contributed by atoms with Crippen molar-refractivity contribution in [3.63, 3.8) is 0 Å². The van der Waals surface area contributed by atoms with Crippen LogP contribution >= 0.6 is 51.7 Å². The minimum absolute atomic E-state index is 0. The van der Waals surface area contributed by atoms with Crippen LogP contribution in [0.4, 0.5) is 4.39 Å². The Morgan fingerprint density at radius 2 is 2.14 bits per heavy atom. The van der Waals surface area contributed by atoms with Gasteiger partial charge in [-0.25, -0.2) is 9.38 Å². The molecule has 0 saturated carbocycles. The fraction of sp³-hybridized carbons (Fsp3) is 0.462. The highest BCUT2D eigenvalue weighted by Crippen LogP contribution is 2.38. The Hall–Kier alpha value is -0.220. The van der Waals surface area contributed by atoms with E-state index in [0.29, 0.717) is 22.8 Å². The Bertz CT molecular complexity index is 554. The predicted octanol–water partition coefficient (Wildman–Crippen LogP) is 3.00. The van der Waals surface area contributed by atoms with Crippen LogP contribution < -0.4 is 10.5 Å². The van der Waals surface area contributed by atoms with Gasteiger partial charge >= 0.3 is 0 Å². The molecule has 0 aromatic heterocycles. The van der Waals surface area contributed by atoms with Gasteiger partial charge in [-0.2, -0.15) is 11.8 Å². The fourth-order valence-electron chi connectivity index (χ4n) is 2.33. The molecule has 0 spiro atoms. The van der Waals surface area contributed by atoms with Gasteiger partial charge in [0.25, 0.3) is 0 Å². The number of benzene rings is 1. The lowest BCUT2D eigenvalue weighted by molar-refractivity contribution is 0.330. The lowest BCUT2D eigenvalue weighted by Crippen LogP contribution is -2.42. The molecule has 21 heavy (non-hydrogen) atoms. The lowest BCUT2D eigenvalue weighted by atomic mass is 10.1. The first-order valence-electron chi connectivity index (χ1n) is 6.43. The molecule has 3 rings (SSSR count). The van der Waals surface area contributed by atoms with Crippen LogP contribution in [0.2, 0.25) is 0 Å². The third-order valence-electron chi connectivity index (χ3n) is 3.43. The molecule has 0 amide bonds. The number of hydrogen-bond acceptors (Lipinski definition) is 3. The number of guanidine groups is 1. The van der Waals surface area contributed by atoms with Gasteiger partial charge in [0.05, 0.1) is 4.47 Å². The molecule has 1 saturated heterocycles. The topological polar surface area (TPSA) is 50.9 Å².